The maximum absolute atomic E-state index is 10.9. The molecule has 0 aliphatic carbocycles. The maximum Gasteiger partial charge on any atom is 0.292 e. The highest BCUT2D eigenvalue weighted by Crippen LogP contribution is 2.27. The van der Waals surface area contributed by atoms with E-state index in [1.54, 1.807) is 10.9 Å². The molecular weight excluding hydrogens is 270 g/mol. The maximum atomic E-state index is 10.9. The molecule has 19 heavy (non-hydrogen) atoms. The molecule has 0 unspecified atom stereocenters. The number of hydrogen-bond acceptors (Lipinski definition) is 5. The summed E-state index contributed by atoms with van der Waals surface area (Å²) in [4.78, 5) is 10.4. The van der Waals surface area contributed by atoms with Crippen LogP contribution in [0, 0.1) is 10.1 Å². The lowest BCUT2D eigenvalue weighted by Gasteiger charge is -2.07. The average molecular weight is 282 g/mol. The lowest BCUT2D eigenvalue weighted by molar-refractivity contribution is -0.384. The number of nitrogens with zero attached hydrogens (tertiary/aromatic N) is 4. The van der Waals surface area contributed by atoms with Crippen LogP contribution in [0.25, 0.3) is 0 Å². The fourth-order valence-electron chi connectivity index (χ4n) is 1.65. The van der Waals surface area contributed by atoms with E-state index in [0.717, 1.165) is 5.82 Å². The monoisotopic (exact) mass is 281 g/mol. The Morgan fingerprint density at radius 2 is 2.32 bits per heavy atom. The summed E-state index contributed by atoms with van der Waals surface area (Å²) in [6.45, 7) is 0.508. The van der Waals surface area contributed by atoms with Crippen molar-refractivity contribution in [3.63, 3.8) is 0 Å². The van der Waals surface area contributed by atoms with Crippen LogP contribution in [0.3, 0.4) is 0 Å². The first-order valence-electron chi connectivity index (χ1n) is 5.58. The SMILES string of the molecule is Cn1cnnc1CCNc1cc(Cl)ccc1[N+](=O)[O-]. The van der Waals surface area contributed by atoms with E-state index in [4.69, 9.17) is 11.6 Å². The number of benzene rings is 1. The zero-order chi connectivity index (χ0) is 13.8. The molecule has 0 atom stereocenters. The van der Waals surface area contributed by atoms with Crippen molar-refractivity contribution in [2.45, 2.75) is 6.42 Å². The van der Waals surface area contributed by atoms with Gasteiger partial charge in [-0.15, -0.1) is 10.2 Å². The minimum absolute atomic E-state index is 0.00219. The van der Waals surface area contributed by atoms with E-state index in [2.05, 4.69) is 15.5 Å². The Kier molecular flexibility index (Phi) is 3.96. The molecule has 0 amide bonds. The summed E-state index contributed by atoms with van der Waals surface area (Å²) >= 11 is 5.84. The number of aromatic nitrogens is 3. The van der Waals surface area contributed by atoms with Crippen LogP contribution in [0.5, 0.6) is 0 Å². The Labute approximate surface area is 114 Å². The second kappa shape index (κ2) is 5.66. The number of nitro benzene ring substituents is 1. The first-order chi connectivity index (χ1) is 9.08. The van der Waals surface area contributed by atoms with Crippen LogP contribution in [-0.4, -0.2) is 26.2 Å². The van der Waals surface area contributed by atoms with E-state index in [0.29, 0.717) is 23.7 Å². The van der Waals surface area contributed by atoms with Gasteiger partial charge in [0.05, 0.1) is 4.92 Å². The molecule has 0 fully saturated rings. The van der Waals surface area contributed by atoms with Gasteiger partial charge >= 0.3 is 0 Å². The molecule has 7 nitrogen and oxygen atoms in total. The summed E-state index contributed by atoms with van der Waals surface area (Å²) in [7, 11) is 1.84. The molecule has 0 saturated heterocycles. The molecule has 1 aromatic carbocycles. The van der Waals surface area contributed by atoms with Gasteiger partial charge in [0, 0.05) is 31.1 Å². The van der Waals surface area contributed by atoms with Crippen molar-refractivity contribution in [3.8, 4) is 0 Å². The summed E-state index contributed by atoms with van der Waals surface area (Å²) < 4.78 is 1.80. The second-order valence-electron chi connectivity index (χ2n) is 3.95. The molecule has 1 heterocycles. The molecule has 0 aliphatic heterocycles. The number of hydrogen-bond donors (Lipinski definition) is 1. The van der Waals surface area contributed by atoms with Crippen molar-refractivity contribution < 1.29 is 4.92 Å². The van der Waals surface area contributed by atoms with Gasteiger partial charge < -0.3 is 9.88 Å². The van der Waals surface area contributed by atoms with E-state index >= 15 is 0 Å². The lowest BCUT2D eigenvalue weighted by Crippen LogP contribution is -2.09. The van der Waals surface area contributed by atoms with Gasteiger partial charge in [0.1, 0.15) is 17.8 Å². The summed E-state index contributed by atoms with van der Waals surface area (Å²) in [5.41, 5.74) is 0.405. The smallest absolute Gasteiger partial charge is 0.292 e. The fraction of sp³-hybridized carbons (Fsp3) is 0.273. The third kappa shape index (κ3) is 3.19. The average Bonchev–Trinajstić information content (AvgIpc) is 2.75. The highest BCUT2D eigenvalue weighted by atomic mass is 35.5. The molecule has 2 aromatic rings. The van der Waals surface area contributed by atoms with E-state index in [9.17, 15) is 10.1 Å². The molecule has 100 valence electrons. The Bertz CT molecular complexity index is 599. The summed E-state index contributed by atoms with van der Waals surface area (Å²) in [6.07, 6.45) is 2.22. The standard InChI is InChI=1S/C11H12ClN5O2/c1-16-7-14-15-11(16)4-5-13-9-6-8(12)2-3-10(9)17(18)19/h2-3,6-7,13H,4-5H2,1H3. The Hall–Kier alpha value is -2.15. The van der Waals surface area contributed by atoms with Crippen LogP contribution >= 0.6 is 11.6 Å². The molecule has 1 aromatic heterocycles. The van der Waals surface area contributed by atoms with Gasteiger partial charge in [-0.25, -0.2) is 0 Å². The molecule has 0 saturated carbocycles. The quantitative estimate of drug-likeness (QED) is 0.669. The molecular formula is C11H12ClN5O2. The van der Waals surface area contributed by atoms with Crippen molar-refractivity contribution in [2.24, 2.45) is 7.05 Å². The predicted molar refractivity (Wildman–Crippen MR) is 71.3 cm³/mol. The van der Waals surface area contributed by atoms with Crippen molar-refractivity contribution in [1.82, 2.24) is 14.8 Å². The van der Waals surface area contributed by atoms with Gasteiger partial charge in [-0.3, -0.25) is 10.1 Å². The van der Waals surface area contributed by atoms with Gasteiger partial charge in [-0.05, 0) is 12.1 Å². The van der Waals surface area contributed by atoms with Crippen molar-refractivity contribution in [1.29, 1.82) is 0 Å². The minimum Gasteiger partial charge on any atom is -0.379 e. The number of nitro groups is 1. The highest BCUT2D eigenvalue weighted by Gasteiger charge is 2.13. The third-order valence-corrected chi connectivity index (χ3v) is 2.86. The molecule has 8 heteroatoms. The van der Waals surface area contributed by atoms with Crippen LogP contribution in [-0.2, 0) is 13.5 Å². The second-order valence-corrected chi connectivity index (χ2v) is 4.39. The zero-order valence-electron chi connectivity index (χ0n) is 10.2. The van der Waals surface area contributed by atoms with Gasteiger partial charge in [0.2, 0.25) is 0 Å². The third-order valence-electron chi connectivity index (χ3n) is 2.62. The number of anilines is 1. The largest absolute Gasteiger partial charge is 0.379 e. The summed E-state index contributed by atoms with van der Waals surface area (Å²) in [5, 5.41) is 22.0. The van der Waals surface area contributed by atoms with Crippen LogP contribution in [0.2, 0.25) is 5.02 Å². The number of nitrogens with one attached hydrogen (secondary N) is 1. The molecule has 1 N–H and O–H groups in total. The van der Waals surface area contributed by atoms with Crippen molar-refractivity contribution in [3.05, 3.63) is 45.5 Å². The van der Waals surface area contributed by atoms with Crippen molar-refractivity contribution >= 4 is 23.0 Å². The number of halogens is 1. The van der Waals surface area contributed by atoms with Crippen LogP contribution < -0.4 is 5.32 Å². The van der Waals surface area contributed by atoms with Gasteiger partial charge in [0.15, 0.2) is 0 Å². The van der Waals surface area contributed by atoms with E-state index < -0.39 is 4.92 Å². The zero-order valence-corrected chi connectivity index (χ0v) is 11.0. The summed E-state index contributed by atoms with van der Waals surface area (Å²) in [5.74, 6) is 0.803. The van der Waals surface area contributed by atoms with Gasteiger partial charge in [-0.1, -0.05) is 11.6 Å². The van der Waals surface area contributed by atoms with E-state index in [1.807, 2.05) is 7.05 Å². The van der Waals surface area contributed by atoms with E-state index in [1.165, 1.54) is 18.2 Å². The normalized spacial score (nSPS) is 10.4. The minimum atomic E-state index is -0.443. The Balaban J connectivity index is 2.05. The predicted octanol–water partition coefficient (Wildman–Crippen LogP) is 2.03. The topological polar surface area (TPSA) is 85.9 Å². The van der Waals surface area contributed by atoms with Crippen molar-refractivity contribution in [2.75, 3.05) is 11.9 Å². The Morgan fingerprint density at radius 1 is 1.53 bits per heavy atom. The molecule has 0 aliphatic rings. The van der Waals surface area contributed by atoms with Gasteiger partial charge in [-0.2, -0.15) is 0 Å². The van der Waals surface area contributed by atoms with Crippen LogP contribution in [0.4, 0.5) is 11.4 Å². The molecule has 2 rings (SSSR count). The summed E-state index contributed by atoms with van der Waals surface area (Å²) in [6, 6.07) is 4.41. The molecule has 0 radical (unpaired) electrons. The van der Waals surface area contributed by atoms with E-state index in [-0.39, 0.29) is 5.69 Å². The first kappa shape index (κ1) is 13.3. The number of aryl methyl sites for hydroxylation is 1. The number of rotatable bonds is 5. The molecule has 0 spiro atoms. The van der Waals surface area contributed by atoms with Gasteiger partial charge in [0.25, 0.3) is 5.69 Å². The van der Waals surface area contributed by atoms with Crippen LogP contribution in [0.1, 0.15) is 5.82 Å². The Morgan fingerprint density at radius 3 is 2.95 bits per heavy atom. The first-order valence-corrected chi connectivity index (χ1v) is 5.96. The van der Waals surface area contributed by atoms with Crippen LogP contribution in [0.15, 0.2) is 24.5 Å². The molecule has 0 bridgehead atoms. The highest BCUT2D eigenvalue weighted by molar-refractivity contribution is 6.31. The lowest BCUT2D eigenvalue weighted by atomic mass is 10.2. The fourth-order valence-corrected chi connectivity index (χ4v) is 1.82.